The summed E-state index contributed by atoms with van der Waals surface area (Å²) in [6.45, 7) is -0.492. The Hall–Kier alpha value is -2.35. The molecule has 27 heavy (non-hydrogen) atoms. The van der Waals surface area contributed by atoms with Crippen LogP contribution in [0.4, 0.5) is 5.69 Å². The van der Waals surface area contributed by atoms with Crippen LogP contribution in [0.1, 0.15) is 10.5 Å². The Morgan fingerprint density at radius 3 is 2.48 bits per heavy atom. The second-order valence-corrected chi connectivity index (χ2v) is 6.72. The fourth-order valence-electron chi connectivity index (χ4n) is 1.99. The molecule has 2 rings (SSSR count). The predicted molar refractivity (Wildman–Crippen MR) is 104 cm³/mol. The Bertz CT molecular complexity index is 876. The van der Waals surface area contributed by atoms with Crippen LogP contribution < -0.4 is 10.6 Å². The maximum atomic E-state index is 12.1. The maximum Gasteiger partial charge on any atom is 0.270 e. The first-order chi connectivity index (χ1) is 12.8. The molecule has 7 nitrogen and oxygen atoms in total. The number of pyridine rings is 1. The SMILES string of the molecule is CN(CC(=O)Nc1ccc(Cl)c(Cl)c1)C(=O)CNC(=O)c1cc(Cl)ccn1. The first kappa shape index (κ1) is 21.0. The van der Waals surface area contributed by atoms with E-state index in [0.717, 1.165) is 0 Å². The fraction of sp³-hybridized carbons (Fsp3) is 0.176. The number of halogens is 3. The normalized spacial score (nSPS) is 10.2. The van der Waals surface area contributed by atoms with Crippen molar-refractivity contribution < 1.29 is 14.4 Å². The van der Waals surface area contributed by atoms with Gasteiger partial charge in [-0.05, 0) is 30.3 Å². The molecule has 3 amide bonds. The lowest BCUT2D eigenvalue weighted by Gasteiger charge is -2.17. The van der Waals surface area contributed by atoms with Crippen LogP contribution in [0.5, 0.6) is 0 Å². The van der Waals surface area contributed by atoms with E-state index in [-0.39, 0.29) is 18.8 Å². The zero-order valence-corrected chi connectivity index (χ0v) is 16.4. The van der Waals surface area contributed by atoms with Crippen molar-refractivity contribution in [2.45, 2.75) is 0 Å². The third-order valence-electron chi connectivity index (χ3n) is 3.36. The molecule has 0 fully saturated rings. The standard InChI is InChI=1S/C17H15Cl3N4O3/c1-24(9-15(25)23-11-2-3-12(19)13(20)7-11)16(26)8-22-17(27)14-6-10(18)4-5-21-14/h2-7H,8-9H2,1H3,(H,22,27)(H,23,25). The molecule has 0 aliphatic heterocycles. The number of hydrogen-bond donors (Lipinski definition) is 2. The number of benzene rings is 1. The molecule has 0 saturated carbocycles. The zero-order valence-electron chi connectivity index (χ0n) is 14.1. The molecule has 0 radical (unpaired) electrons. The molecule has 2 N–H and O–H groups in total. The summed E-state index contributed by atoms with van der Waals surface area (Å²) in [6.07, 6.45) is 1.39. The number of likely N-dealkylation sites (N-methyl/N-ethyl adjacent to an activating group) is 1. The number of carbonyl (C=O) groups is 3. The Balaban J connectivity index is 1.83. The summed E-state index contributed by atoms with van der Waals surface area (Å²) in [5.41, 5.74) is 0.547. The van der Waals surface area contributed by atoms with Gasteiger partial charge >= 0.3 is 0 Å². The van der Waals surface area contributed by atoms with Crippen molar-refractivity contribution in [3.63, 3.8) is 0 Å². The molecule has 0 bridgehead atoms. The molecule has 0 unspecified atom stereocenters. The van der Waals surface area contributed by atoms with E-state index in [4.69, 9.17) is 34.8 Å². The van der Waals surface area contributed by atoms with Gasteiger partial charge in [-0.15, -0.1) is 0 Å². The van der Waals surface area contributed by atoms with Crippen LogP contribution in [0.15, 0.2) is 36.5 Å². The topological polar surface area (TPSA) is 91.4 Å². The van der Waals surface area contributed by atoms with Crippen LogP contribution in [-0.2, 0) is 9.59 Å². The summed E-state index contributed by atoms with van der Waals surface area (Å²) in [7, 11) is 1.44. The molecule has 0 saturated heterocycles. The van der Waals surface area contributed by atoms with E-state index in [1.54, 1.807) is 12.1 Å². The summed E-state index contributed by atoms with van der Waals surface area (Å²) in [4.78, 5) is 41.1. The average molecular weight is 430 g/mol. The van der Waals surface area contributed by atoms with Crippen LogP contribution in [-0.4, -0.2) is 47.7 Å². The number of anilines is 1. The van der Waals surface area contributed by atoms with Crippen LogP contribution in [0, 0.1) is 0 Å². The van der Waals surface area contributed by atoms with Gasteiger partial charge in [0, 0.05) is 24.0 Å². The minimum atomic E-state index is -0.542. The molecule has 1 heterocycles. The van der Waals surface area contributed by atoms with E-state index in [0.29, 0.717) is 20.8 Å². The summed E-state index contributed by atoms with van der Waals surface area (Å²) in [5.74, 6) is -1.42. The highest BCUT2D eigenvalue weighted by Gasteiger charge is 2.15. The van der Waals surface area contributed by atoms with Gasteiger partial charge in [0.2, 0.25) is 11.8 Å². The van der Waals surface area contributed by atoms with E-state index in [1.807, 2.05) is 0 Å². The van der Waals surface area contributed by atoms with Crippen molar-refractivity contribution in [3.05, 3.63) is 57.3 Å². The third kappa shape index (κ3) is 6.39. The molecule has 0 spiro atoms. The molecular weight excluding hydrogens is 415 g/mol. The molecule has 142 valence electrons. The van der Waals surface area contributed by atoms with Crippen molar-refractivity contribution >= 4 is 58.2 Å². The Kier molecular flexibility index (Phi) is 7.41. The zero-order chi connectivity index (χ0) is 20.0. The van der Waals surface area contributed by atoms with Gasteiger partial charge in [-0.25, -0.2) is 0 Å². The molecule has 0 atom stereocenters. The highest BCUT2D eigenvalue weighted by Crippen LogP contribution is 2.24. The van der Waals surface area contributed by atoms with Gasteiger partial charge in [0.05, 0.1) is 23.1 Å². The van der Waals surface area contributed by atoms with Crippen molar-refractivity contribution in [2.24, 2.45) is 0 Å². The number of rotatable bonds is 6. The molecule has 0 aliphatic carbocycles. The van der Waals surface area contributed by atoms with E-state index in [1.165, 1.54) is 36.3 Å². The lowest BCUT2D eigenvalue weighted by Crippen LogP contribution is -2.41. The number of nitrogens with one attached hydrogen (secondary N) is 2. The number of amides is 3. The largest absolute Gasteiger partial charge is 0.342 e. The van der Waals surface area contributed by atoms with E-state index in [2.05, 4.69) is 15.6 Å². The second kappa shape index (κ2) is 9.55. The van der Waals surface area contributed by atoms with Crippen molar-refractivity contribution in [1.29, 1.82) is 0 Å². The van der Waals surface area contributed by atoms with E-state index < -0.39 is 17.7 Å². The van der Waals surface area contributed by atoms with Gasteiger partial charge in [0.15, 0.2) is 0 Å². The van der Waals surface area contributed by atoms with Crippen molar-refractivity contribution in [2.75, 3.05) is 25.5 Å². The first-order valence-corrected chi connectivity index (χ1v) is 8.78. The lowest BCUT2D eigenvalue weighted by atomic mass is 10.3. The van der Waals surface area contributed by atoms with Crippen LogP contribution in [0.3, 0.4) is 0 Å². The molecule has 0 aliphatic rings. The molecule has 2 aromatic rings. The third-order valence-corrected chi connectivity index (χ3v) is 4.34. The molecule has 10 heteroatoms. The van der Waals surface area contributed by atoms with Crippen LogP contribution in [0.2, 0.25) is 15.1 Å². The molecular formula is C17H15Cl3N4O3. The Morgan fingerprint density at radius 1 is 1.07 bits per heavy atom. The minimum Gasteiger partial charge on any atom is -0.342 e. The van der Waals surface area contributed by atoms with Crippen molar-refractivity contribution in [3.8, 4) is 0 Å². The van der Waals surface area contributed by atoms with Gasteiger partial charge in [-0.2, -0.15) is 0 Å². The van der Waals surface area contributed by atoms with Gasteiger partial charge in [-0.3, -0.25) is 19.4 Å². The van der Waals surface area contributed by atoms with Gasteiger partial charge in [-0.1, -0.05) is 34.8 Å². The maximum absolute atomic E-state index is 12.1. The smallest absolute Gasteiger partial charge is 0.270 e. The van der Waals surface area contributed by atoms with Gasteiger partial charge in [0.1, 0.15) is 5.69 Å². The fourth-order valence-corrected chi connectivity index (χ4v) is 2.45. The minimum absolute atomic E-state index is 0.0929. The Morgan fingerprint density at radius 2 is 1.81 bits per heavy atom. The second-order valence-electron chi connectivity index (χ2n) is 5.47. The Labute approximate surface area is 170 Å². The number of carbonyl (C=O) groups excluding carboxylic acids is 3. The highest BCUT2D eigenvalue weighted by molar-refractivity contribution is 6.42. The highest BCUT2D eigenvalue weighted by atomic mass is 35.5. The summed E-state index contributed by atoms with van der Waals surface area (Å²) >= 11 is 17.5. The molecule has 1 aromatic heterocycles. The van der Waals surface area contributed by atoms with E-state index in [9.17, 15) is 14.4 Å². The summed E-state index contributed by atoms with van der Waals surface area (Å²) < 4.78 is 0. The number of aromatic nitrogens is 1. The van der Waals surface area contributed by atoms with Gasteiger partial charge in [0.25, 0.3) is 5.91 Å². The number of hydrogen-bond acceptors (Lipinski definition) is 4. The number of nitrogens with zero attached hydrogens (tertiary/aromatic N) is 2. The van der Waals surface area contributed by atoms with E-state index >= 15 is 0 Å². The summed E-state index contributed by atoms with van der Waals surface area (Å²) in [6, 6.07) is 7.56. The predicted octanol–water partition coefficient (Wildman–Crippen LogP) is 2.87. The summed E-state index contributed by atoms with van der Waals surface area (Å²) in [5, 5.41) is 6.06. The molecule has 1 aromatic carbocycles. The first-order valence-electron chi connectivity index (χ1n) is 7.65. The lowest BCUT2D eigenvalue weighted by molar-refractivity contribution is -0.132. The van der Waals surface area contributed by atoms with Gasteiger partial charge < -0.3 is 15.5 Å². The van der Waals surface area contributed by atoms with Crippen molar-refractivity contribution in [1.82, 2.24) is 15.2 Å². The van der Waals surface area contributed by atoms with Crippen LogP contribution >= 0.6 is 34.8 Å². The van der Waals surface area contributed by atoms with Crippen LogP contribution in [0.25, 0.3) is 0 Å². The monoisotopic (exact) mass is 428 g/mol. The average Bonchev–Trinajstić information content (AvgIpc) is 2.62. The quantitative estimate of drug-likeness (QED) is 0.738.